The highest BCUT2D eigenvalue weighted by Crippen LogP contribution is 2.45. The van der Waals surface area contributed by atoms with Crippen LogP contribution in [0.3, 0.4) is 0 Å². The molecule has 2 aliphatic carbocycles. The number of hydrogen-bond acceptors (Lipinski definition) is 1. The summed E-state index contributed by atoms with van der Waals surface area (Å²) in [6.45, 7) is 0. The number of benzene rings is 4. The van der Waals surface area contributed by atoms with Gasteiger partial charge in [0.05, 0.1) is 11.3 Å². The van der Waals surface area contributed by atoms with Crippen LogP contribution in [-0.2, 0) is 31.9 Å². The molecule has 1 heterocycles. The molecule has 5 aromatic rings. The molecule has 1 nitrogen and oxygen atoms in total. The summed E-state index contributed by atoms with van der Waals surface area (Å²) in [7, 11) is 0. The molecule has 0 radical (unpaired) electrons. The van der Waals surface area contributed by atoms with Crippen molar-refractivity contribution in [3.8, 4) is 22.4 Å². The molecule has 0 unspecified atom stereocenters. The standard InChI is InChI=1S/C30H20F3N/c31-30(32,33)23-9-11-24-19(16-23)8-10-26-25(24)12-13-34-29(26)22-14-20-6-4-17-2-1-3-18-5-7-21(15-22)28(20)27(17)18/h1-3,8-16H,4-7H2. The van der Waals surface area contributed by atoms with Crippen molar-refractivity contribution < 1.29 is 13.2 Å². The molecular weight excluding hydrogens is 431 g/mol. The molecule has 0 amide bonds. The summed E-state index contributed by atoms with van der Waals surface area (Å²) in [4.78, 5) is 4.74. The fourth-order valence-electron chi connectivity index (χ4n) is 5.95. The lowest BCUT2D eigenvalue weighted by Crippen LogP contribution is -2.14. The number of nitrogens with zero attached hydrogens (tertiary/aromatic N) is 1. The van der Waals surface area contributed by atoms with E-state index in [0.29, 0.717) is 5.39 Å². The zero-order chi connectivity index (χ0) is 23.0. The van der Waals surface area contributed by atoms with E-state index in [2.05, 4.69) is 30.3 Å². The second-order valence-electron chi connectivity index (χ2n) is 9.37. The Bertz CT molecular complexity index is 1600. The molecule has 0 atom stereocenters. The second kappa shape index (κ2) is 6.92. The maximum absolute atomic E-state index is 13.2. The van der Waals surface area contributed by atoms with E-state index < -0.39 is 11.7 Å². The Morgan fingerprint density at radius 1 is 0.618 bits per heavy atom. The van der Waals surface area contributed by atoms with Crippen molar-refractivity contribution in [1.82, 2.24) is 4.98 Å². The Kier molecular flexibility index (Phi) is 4.03. The van der Waals surface area contributed by atoms with Gasteiger partial charge >= 0.3 is 6.18 Å². The van der Waals surface area contributed by atoms with Crippen LogP contribution >= 0.6 is 0 Å². The first-order chi connectivity index (χ1) is 16.5. The van der Waals surface area contributed by atoms with Gasteiger partial charge in [-0.3, -0.25) is 4.98 Å². The molecule has 0 fully saturated rings. The van der Waals surface area contributed by atoms with Gasteiger partial charge in [0.15, 0.2) is 0 Å². The van der Waals surface area contributed by atoms with Crippen molar-refractivity contribution in [2.75, 3.05) is 0 Å². The Balaban J connectivity index is 1.43. The van der Waals surface area contributed by atoms with Crippen LogP contribution in [-0.4, -0.2) is 4.98 Å². The highest BCUT2D eigenvalue weighted by atomic mass is 19.4. The van der Waals surface area contributed by atoms with Crippen molar-refractivity contribution in [1.29, 1.82) is 0 Å². The van der Waals surface area contributed by atoms with Crippen LogP contribution in [0.1, 0.15) is 27.8 Å². The van der Waals surface area contributed by atoms with Gasteiger partial charge in [0.1, 0.15) is 0 Å². The Morgan fingerprint density at radius 3 is 1.97 bits per heavy atom. The summed E-state index contributed by atoms with van der Waals surface area (Å²) < 4.78 is 39.6. The van der Waals surface area contributed by atoms with Crippen LogP contribution in [0.15, 0.2) is 72.9 Å². The summed E-state index contributed by atoms with van der Waals surface area (Å²) in [5.74, 6) is 0. The van der Waals surface area contributed by atoms with Gasteiger partial charge in [-0.05, 0) is 106 Å². The van der Waals surface area contributed by atoms with Crippen LogP contribution in [0.4, 0.5) is 13.2 Å². The monoisotopic (exact) mass is 451 g/mol. The van der Waals surface area contributed by atoms with Crippen LogP contribution in [0.25, 0.3) is 43.9 Å². The number of fused-ring (bicyclic) bond motifs is 3. The van der Waals surface area contributed by atoms with Crippen LogP contribution in [0, 0.1) is 0 Å². The Hall–Kier alpha value is -3.66. The minimum absolute atomic E-state index is 0.587. The van der Waals surface area contributed by atoms with Gasteiger partial charge in [0.2, 0.25) is 0 Å². The van der Waals surface area contributed by atoms with Crippen LogP contribution in [0.2, 0.25) is 0 Å². The minimum Gasteiger partial charge on any atom is -0.256 e. The van der Waals surface area contributed by atoms with Gasteiger partial charge in [-0.1, -0.05) is 36.4 Å². The van der Waals surface area contributed by atoms with E-state index in [-0.39, 0.29) is 0 Å². The molecule has 7 rings (SSSR count). The molecule has 4 aromatic carbocycles. The zero-order valence-electron chi connectivity index (χ0n) is 18.3. The van der Waals surface area contributed by atoms with Crippen molar-refractivity contribution in [3.05, 3.63) is 101 Å². The number of aryl methyl sites for hydroxylation is 4. The SMILES string of the molecule is FC(F)(F)c1ccc2c(ccc3c(-c4cc5c6c(c4)CCc4cccc(c4-6)CC5)nccc32)c1. The lowest BCUT2D eigenvalue weighted by atomic mass is 9.74. The van der Waals surface area contributed by atoms with Gasteiger partial charge < -0.3 is 0 Å². The molecule has 34 heavy (non-hydrogen) atoms. The topological polar surface area (TPSA) is 12.9 Å². The summed E-state index contributed by atoms with van der Waals surface area (Å²) >= 11 is 0. The molecule has 0 spiro atoms. The van der Waals surface area contributed by atoms with E-state index in [1.54, 1.807) is 18.3 Å². The maximum atomic E-state index is 13.2. The number of hydrogen-bond donors (Lipinski definition) is 0. The first kappa shape index (κ1) is 19.8. The minimum atomic E-state index is -4.35. The largest absolute Gasteiger partial charge is 0.416 e. The molecule has 0 N–H and O–H groups in total. The van der Waals surface area contributed by atoms with E-state index in [9.17, 15) is 13.2 Å². The average Bonchev–Trinajstić information content (AvgIpc) is 2.85. The van der Waals surface area contributed by atoms with Crippen LogP contribution < -0.4 is 0 Å². The number of alkyl halides is 3. The van der Waals surface area contributed by atoms with Crippen molar-refractivity contribution >= 4 is 21.5 Å². The Labute approximate surface area is 194 Å². The first-order valence-electron chi connectivity index (χ1n) is 11.6. The summed E-state index contributed by atoms with van der Waals surface area (Å²) in [5.41, 5.74) is 9.87. The predicted octanol–water partition coefficient (Wildman–Crippen LogP) is 7.94. The zero-order valence-corrected chi connectivity index (χ0v) is 18.3. The molecule has 0 saturated heterocycles. The summed E-state index contributed by atoms with van der Waals surface area (Å²) in [6.07, 6.45) is 1.55. The maximum Gasteiger partial charge on any atom is 0.416 e. The predicted molar refractivity (Wildman–Crippen MR) is 130 cm³/mol. The fourth-order valence-corrected chi connectivity index (χ4v) is 5.95. The summed E-state index contributed by atoms with van der Waals surface area (Å²) in [5, 5.41) is 3.29. The number of rotatable bonds is 1. The number of aromatic nitrogens is 1. The Morgan fingerprint density at radius 2 is 1.26 bits per heavy atom. The van der Waals surface area contributed by atoms with Gasteiger partial charge in [-0.15, -0.1) is 0 Å². The second-order valence-corrected chi connectivity index (χ2v) is 9.37. The van der Waals surface area contributed by atoms with Crippen molar-refractivity contribution in [2.45, 2.75) is 31.9 Å². The van der Waals surface area contributed by atoms with E-state index in [1.807, 2.05) is 12.1 Å². The quantitative estimate of drug-likeness (QED) is 0.236. The molecule has 1 aromatic heterocycles. The number of halogens is 3. The average molecular weight is 451 g/mol. The van der Waals surface area contributed by atoms with Gasteiger partial charge in [0, 0.05) is 17.1 Å². The van der Waals surface area contributed by atoms with E-state index in [0.717, 1.165) is 53.1 Å². The molecule has 2 aliphatic rings. The first-order valence-corrected chi connectivity index (χ1v) is 11.6. The van der Waals surface area contributed by atoms with Gasteiger partial charge in [-0.2, -0.15) is 13.2 Å². The van der Waals surface area contributed by atoms with E-state index >= 15 is 0 Å². The highest BCUT2D eigenvalue weighted by Gasteiger charge is 2.30. The highest BCUT2D eigenvalue weighted by molar-refractivity contribution is 6.11. The molecule has 0 saturated carbocycles. The van der Waals surface area contributed by atoms with Crippen molar-refractivity contribution in [3.63, 3.8) is 0 Å². The fraction of sp³-hybridized carbons (Fsp3) is 0.167. The third-order valence-corrected chi connectivity index (χ3v) is 7.48. The van der Waals surface area contributed by atoms with Crippen molar-refractivity contribution in [2.24, 2.45) is 0 Å². The molecular formula is C30H20F3N. The van der Waals surface area contributed by atoms with E-state index in [4.69, 9.17) is 4.98 Å². The molecule has 0 aliphatic heterocycles. The lowest BCUT2D eigenvalue weighted by molar-refractivity contribution is -0.137. The smallest absolute Gasteiger partial charge is 0.256 e. The summed E-state index contributed by atoms with van der Waals surface area (Å²) in [6, 6.07) is 20.8. The third-order valence-electron chi connectivity index (χ3n) is 7.48. The van der Waals surface area contributed by atoms with Gasteiger partial charge in [0.25, 0.3) is 0 Å². The number of pyridine rings is 1. The van der Waals surface area contributed by atoms with Gasteiger partial charge in [-0.25, -0.2) is 0 Å². The normalized spacial score (nSPS) is 14.4. The third kappa shape index (κ3) is 2.84. The lowest BCUT2D eigenvalue weighted by Gasteiger charge is -2.30. The van der Waals surface area contributed by atoms with E-state index in [1.165, 1.54) is 45.5 Å². The molecule has 0 bridgehead atoms. The molecule has 4 heteroatoms. The van der Waals surface area contributed by atoms with Crippen LogP contribution in [0.5, 0.6) is 0 Å². The molecule has 166 valence electrons.